The lowest BCUT2D eigenvalue weighted by molar-refractivity contribution is 0.00320. The number of pyridine rings is 1. The maximum Gasteiger partial charge on any atom is 0.272 e. The number of nitrogens with one attached hydrogen (secondary N) is 1. The number of carbonyl (C=O) groups is 1. The zero-order valence-corrected chi connectivity index (χ0v) is 10.8. The maximum absolute atomic E-state index is 12.3. The van der Waals surface area contributed by atoms with Gasteiger partial charge in [0.1, 0.15) is 5.69 Å². The minimum absolute atomic E-state index is 0.164. The van der Waals surface area contributed by atoms with Gasteiger partial charge in [-0.3, -0.25) is 9.78 Å². The van der Waals surface area contributed by atoms with E-state index in [4.69, 9.17) is 10.00 Å². The van der Waals surface area contributed by atoms with E-state index in [0.717, 1.165) is 12.2 Å². The summed E-state index contributed by atoms with van der Waals surface area (Å²) in [7, 11) is 0. The van der Waals surface area contributed by atoms with Gasteiger partial charge >= 0.3 is 0 Å². The van der Waals surface area contributed by atoms with Gasteiger partial charge in [-0.2, -0.15) is 5.26 Å². The van der Waals surface area contributed by atoms with Gasteiger partial charge in [-0.25, -0.2) is 0 Å². The summed E-state index contributed by atoms with van der Waals surface area (Å²) >= 11 is 0. The molecule has 6 heteroatoms. The van der Waals surface area contributed by atoms with Crippen molar-refractivity contribution in [3.63, 3.8) is 0 Å². The number of hydrogen-bond donors (Lipinski definition) is 1. The third-order valence-corrected chi connectivity index (χ3v) is 2.86. The van der Waals surface area contributed by atoms with Gasteiger partial charge in [-0.05, 0) is 19.1 Å². The Balaban J connectivity index is 2.10. The van der Waals surface area contributed by atoms with Crippen LogP contribution >= 0.6 is 0 Å². The van der Waals surface area contributed by atoms with Crippen molar-refractivity contribution in [1.29, 1.82) is 5.26 Å². The summed E-state index contributed by atoms with van der Waals surface area (Å²) in [5.41, 5.74) is 1.25. The molecule has 1 atom stereocenters. The molecule has 6 nitrogen and oxygen atoms in total. The lowest BCUT2D eigenvalue weighted by Gasteiger charge is -2.29. The molecule has 0 bridgehead atoms. The van der Waals surface area contributed by atoms with Gasteiger partial charge in [-0.15, -0.1) is 0 Å². The van der Waals surface area contributed by atoms with Crippen molar-refractivity contribution < 1.29 is 9.53 Å². The van der Waals surface area contributed by atoms with E-state index in [2.05, 4.69) is 10.3 Å². The quantitative estimate of drug-likeness (QED) is 0.872. The predicted octanol–water partition coefficient (Wildman–Crippen LogP) is 0.878. The Morgan fingerprint density at radius 1 is 1.74 bits per heavy atom. The first-order chi connectivity index (χ1) is 9.24. The lowest BCUT2D eigenvalue weighted by atomic mass is 10.2. The highest BCUT2D eigenvalue weighted by molar-refractivity contribution is 5.93. The number of morpholine rings is 1. The standard InChI is InChI=1S/C13H16N4O2/c1-2-15-10-3-4-16-12(7-10)13(18)17-5-6-19-11(8-14)9-17/h3-4,7,11H,2,5-6,9H2,1H3,(H,15,16). The summed E-state index contributed by atoms with van der Waals surface area (Å²) in [6.45, 7) is 3.94. The SMILES string of the molecule is CCNc1ccnc(C(=O)N2CCOC(C#N)C2)c1. The summed E-state index contributed by atoms with van der Waals surface area (Å²) in [5.74, 6) is -0.164. The molecule has 0 aliphatic carbocycles. The van der Waals surface area contributed by atoms with Gasteiger partial charge in [-0.1, -0.05) is 0 Å². The molecule has 1 amide bonds. The number of aromatic nitrogens is 1. The van der Waals surface area contributed by atoms with Crippen molar-refractivity contribution in [2.75, 3.05) is 31.6 Å². The van der Waals surface area contributed by atoms with Gasteiger partial charge in [0, 0.05) is 25.0 Å². The molecule has 0 spiro atoms. The second kappa shape index (κ2) is 6.16. The van der Waals surface area contributed by atoms with Crippen LogP contribution in [0.15, 0.2) is 18.3 Å². The van der Waals surface area contributed by atoms with Crippen molar-refractivity contribution in [2.45, 2.75) is 13.0 Å². The number of amides is 1. The molecule has 1 fully saturated rings. The van der Waals surface area contributed by atoms with Gasteiger partial charge < -0.3 is 15.0 Å². The number of rotatable bonds is 3. The number of anilines is 1. The number of nitriles is 1. The first-order valence-corrected chi connectivity index (χ1v) is 6.25. The zero-order chi connectivity index (χ0) is 13.7. The average molecular weight is 260 g/mol. The van der Waals surface area contributed by atoms with Crippen molar-refractivity contribution >= 4 is 11.6 Å². The summed E-state index contributed by atoms with van der Waals surface area (Å²) in [6, 6.07) is 5.57. The van der Waals surface area contributed by atoms with Gasteiger partial charge in [0.05, 0.1) is 19.2 Å². The Hall–Kier alpha value is -2.13. The molecule has 1 N–H and O–H groups in total. The van der Waals surface area contributed by atoms with Crippen molar-refractivity contribution in [2.24, 2.45) is 0 Å². The molecule has 1 saturated heterocycles. The molecule has 0 saturated carbocycles. The molecule has 1 unspecified atom stereocenters. The first kappa shape index (κ1) is 13.3. The highest BCUT2D eigenvalue weighted by Crippen LogP contribution is 2.12. The largest absolute Gasteiger partial charge is 0.385 e. The second-order valence-corrected chi connectivity index (χ2v) is 4.20. The van der Waals surface area contributed by atoms with Crippen LogP contribution < -0.4 is 5.32 Å². The summed E-state index contributed by atoms with van der Waals surface area (Å²) in [5, 5.41) is 12.0. The molecule has 2 rings (SSSR count). The van der Waals surface area contributed by atoms with E-state index >= 15 is 0 Å². The second-order valence-electron chi connectivity index (χ2n) is 4.20. The molecule has 1 aromatic rings. The van der Waals surface area contributed by atoms with Crippen LogP contribution in [0, 0.1) is 11.3 Å². The lowest BCUT2D eigenvalue weighted by Crippen LogP contribution is -2.45. The Labute approximate surface area is 112 Å². The maximum atomic E-state index is 12.3. The molecule has 1 aliphatic heterocycles. The van der Waals surface area contributed by atoms with E-state index in [1.807, 2.05) is 19.1 Å². The molecule has 19 heavy (non-hydrogen) atoms. The topological polar surface area (TPSA) is 78.2 Å². The minimum Gasteiger partial charge on any atom is -0.385 e. The molecule has 0 radical (unpaired) electrons. The zero-order valence-electron chi connectivity index (χ0n) is 10.8. The molecule has 100 valence electrons. The van der Waals surface area contributed by atoms with Crippen molar-refractivity contribution in [3.05, 3.63) is 24.0 Å². The number of ether oxygens (including phenoxy) is 1. The third kappa shape index (κ3) is 3.20. The highest BCUT2D eigenvalue weighted by atomic mass is 16.5. The van der Waals surface area contributed by atoms with Crippen molar-refractivity contribution in [3.8, 4) is 6.07 Å². The summed E-state index contributed by atoms with van der Waals surface area (Å²) < 4.78 is 5.22. The fourth-order valence-corrected chi connectivity index (χ4v) is 1.94. The van der Waals surface area contributed by atoms with Crippen LogP contribution in [0.2, 0.25) is 0 Å². The van der Waals surface area contributed by atoms with Crippen molar-refractivity contribution in [1.82, 2.24) is 9.88 Å². The van der Waals surface area contributed by atoms with Gasteiger partial charge in [0.25, 0.3) is 5.91 Å². The van der Waals surface area contributed by atoms with Crippen LogP contribution in [0.3, 0.4) is 0 Å². The van der Waals surface area contributed by atoms with Crippen LogP contribution in [0.1, 0.15) is 17.4 Å². The number of nitrogens with zero attached hydrogens (tertiary/aromatic N) is 3. The van der Waals surface area contributed by atoms with E-state index in [0.29, 0.717) is 25.4 Å². The Kier molecular flexibility index (Phi) is 4.31. The number of carbonyl (C=O) groups excluding carboxylic acids is 1. The molecule has 1 aromatic heterocycles. The van der Waals surface area contributed by atoms with Crippen LogP contribution in [0.25, 0.3) is 0 Å². The van der Waals surface area contributed by atoms with E-state index < -0.39 is 6.10 Å². The Morgan fingerprint density at radius 3 is 3.32 bits per heavy atom. The number of hydrogen-bond acceptors (Lipinski definition) is 5. The van der Waals surface area contributed by atoms with E-state index in [9.17, 15) is 4.79 Å². The van der Waals surface area contributed by atoms with E-state index in [-0.39, 0.29) is 5.91 Å². The summed E-state index contributed by atoms with van der Waals surface area (Å²) in [6.07, 6.45) is 1.06. The molecule has 0 aromatic carbocycles. The third-order valence-electron chi connectivity index (χ3n) is 2.86. The molecule has 1 aliphatic rings. The van der Waals surface area contributed by atoms with E-state index in [1.54, 1.807) is 17.2 Å². The van der Waals surface area contributed by atoms with Crippen LogP contribution in [0.4, 0.5) is 5.69 Å². The van der Waals surface area contributed by atoms with Crippen LogP contribution in [0.5, 0.6) is 0 Å². The normalized spacial score (nSPS) is 18.7. The highest BCUT2D eigenvalue weighted by Gasteiger charge is 2.25. The first-order valence-electron chi connectivity index (χ1n) is 6.25. The van der Waals surface area contributed by atoms with Crippen LogP contribution in [-0.2, 0) is 4.74 Å². The Bertz CT molecular complexity index is 498. The monoisotopic (exact) mass is 260 g/mol. The fourth-order valence-electron chi connectivity index (χ4n) is 1.94. The van der Waals surface area contributed by atoms with Crippen LogP contribution in [-0.4, -0.2) is 48.1 Å². The average Bonchev–Trinajstić information content (AvgIpc) is 2.47. The summed E-state index contributed by atoms with van der Waals surface area (Å²) in [4.78, 5) is 18.0. The van der Waals surface area contributed by atoms with Gasteiger partial charge in [0.15, 0.2) is 6.10 Å². The predicted molar refractivity (Wildman–Crippen MR) is 69.7 cm³/mol. The fraction of sp³-hybridized carbons (Fsp3) is 0.462. The molecular formula is C13H16N4O2. The smallest absolute Gasteiger partial charge is 0.272 e. The Morgan fingerprint density at radius 2 is 2.58 bits per heavy atom. The minimum atomic E-state index is -0.547. The molecule has 2 heterocycles. The van der Waals surface area contributed by atoms with E-state index in [1.165, 1.54) is 0 Å². The molecular weight excluding hydrogens is 244 g/mol. The van der Waals surface area contributed by atoms with Gasteiger partial charge in [0.2, 0.25) is 0 Å².